The van der Waals surface area contributed by atoms with Crippen molar-refractivity contribution in [3.63, 3.8) is 0 Å². The van der Waals surface area contributed by atoms with E-state index in [1.807, 2.05) is 58.0 Å². The van der Waals surface area contributed by atoms with E-state index in [0.717, 1.165) is 24.9 Å². The number of ether oxygens (including phenoxy) is 8. The van der Waals surface area contributed by atoms with Crippen LogP contribution in [0.5, 0.6) is 0 Å². The number of nitrogens with zero attached hydrogens (tertiary/aromatic N) is 1. The van der Waals surface area contributed by atoms with Gasteiger partial charge >= 0.3 is 5.97 Å². The Morgan fingerprint density at radius 3 is 2.28 bits per heavy atom. The van der Waals surface area contributed by atoms with Gasteiger partial charge in [-0.05, 0) is 122 Å². The number of benzene rings is 1. The van der Waals surface area contributed by atoms with Crippen LogP contribution in [0.3, 0.4) is 0 Å². The number of fused-ring (bicyclic) bond motifs is 5. The summed E-state index contributed by atoms with van der Waals surface area (Å²) < 4.78 is 50.7. The molecule has 0 aromatic heterocycles. The van der Waals surface area contributed by atoms with Crippen molar-refractivity contribution in [1.82, 2.24) is 4.90 Å². The van der Waals surface area contributed by atoms with Crippen LogP contribution >= 0.6 is 0 Å². The first-order chi connectivity index (χ1) is 29.4. The quantitative estimate of drug-likeness (QED) is 0.232. The summed E-state index contributed by atoms with van der Waals surface area (Å²) in [6.07, 6.45) is 3.62. The van der Waals surface area contributed by atoms with Crippen LogP contribution in [0.1, 0.15) is 92.4 Å². The maximum absolute atomic E-state index is 15.1. The molecule has 13 nitrogen and oxygen atoms in total. The average Bonchev–Trinajstić information content (AvgIpc) is 3.83. The molecule has 13 heteroatoms. The zero-order chi connectivity index (χ0) is 43.5. The van der Waals surface area contributed by atoms with Crippen LogP contribution in [0.2, 0.25) is 0 Å². The summed E-state index contributed by atoms with van der Waals surface area (Å²) in [6.45, 7) is 10.5. The predicted octanol–water partition coefficient (Wildman–Crippen LogP) is 6.16. The molecule has 2 N–H and O–H groups in total. The molecule has 3 saturated heterocycles. The van der Waals surface area contributed by atoms with Gasteiger partial charge in [-0.1, -0.05) is 38.1 Å². The van der Waals surface area contributed by atoms with Crippen molar-refractivity contribution >= 4 is 17.4 Å². The lowest BCUT2D eigenvalue weighted by Gasteiger charge is -2.47. The van der Waals surface area contributed by atoms with Gasteiger partial charge in [-0.25, -0.2) is 0 Å². The molecule has 61 heavy (non-hydrogen) atoms. The number of carbonyl (C=O) groups excluding carboxylic acids is 2. The average molecular weight is 855 g/mol. The molecule has 6 aliphatic rings. The number of nitrogens with one attached hydrogen (secondary N) is 1. The molecular formula is C48H74N2O11. The van der Waals surface area contributed by atoms with Gasteiger partial charge in [0.15, 0.2) is 18.4 Å². The number of rotatable bonds is 12. The minimum Gasteiger partial charge on any atom is -0.462 e. The highest BCUT2D eigenvalue weighted by Crippen LogP contribution is 2.57. The molecule has 1 aromatic rings. The summed E-state index contributed by atoms with van der Waals surface area (Å²) in [5.74, 6) is -1.87. The molecule has 5 fully saturated rings. The highest BCUT2D eigenvalue weighted by molar-refractivity contribution is 5.99. The maximum atomic E-state index is 15.1. The summed E-state index contributed by atoms with van der Waals surface area (Å²) >= 11 is 0. The second-order valence-corrected chi connectivity index (χ2v) is 18.9. The van der Waals surface area contributed by atoms with E-state index < -0.39 is 42.5 Å². The molecular weight excluding hydrogens is 781 g/mol. The molecule has 1 aromatic carbocycles. The molecule has 0 radical (unpaired) electrons. The van der Waals surface area contributed by atoms with E-state index in [9.17, 15) is 9.90 Å². The Kier molecular flexibility index (Phi) is 15.7. The van der Waals surface area contributed by atoms with Crippen molar-refractivity contribution in [1.29, 1.82) is 0 Å². The molecule has 3 aliphatic carbocycles. The lowest BCUT2D eigenvalue weighted by molar-refractivity contribution is -0.317. The summed E-state index contributed by atoms with van der Waals surface area (Å²) in [5.41, 5.74) is 1.52. The molecule has 2 saturated carbocycles. The van der Waals surface area contributed by atoms with Gasteiger partial charge in [0.25, 0.3) is 0 Å². The molecule has 19 atom stereocenters. The van der Waals surface area contributed by atoms with E-state index >= 15 is 4.79 Å². The van der Waals surface area contributed by atoms with Crippen LogP contribution in [0.15, 0.2) is 42.0 Å². The molecule has 3 unspecified atom stereocenters. The number of ketones is 1. The fourth-order valence-corrected chi connectivity index (χ4v) is 12.0. The number of esters is 1. The lowest BCUT2D eigenvalue weighted by Crippen LogP contribution is -2.60. The van der Waals surface area contributed by atoms with Crippen molar-refractivity contribution in [3.8, 4) is 0 Å². The van der Waals surface area contributed by atoms with Gasteiger partial charge in [0, 0.05) is 50.3 Å². The van der Waals surface area contributed by atoms with E-state index in [0.29, 0.717) is 50.3 Å². The normalized spacial score (nSPS) is 43.3. The fraction of sp³-hybridized carbons (Fsp3) is 0.792. The van der Waals surface area contributed by atoms with Gasteiger partial charge < -0.3 is 53.2 Å². The molecule has 0 spiro atoms. The highest BCUT2D eigenvalue weighted by Gasteiger charge is 2.60. The number of anilines is 1. The Labute approximate surface area is 363 Å². The topological polar surface area (TPSA) is 143 Å². The Hall–Kier alpha value is -2.46. The number of hydrogen-bond donors (Lipinski definition) is 2. The van der Waals surface area contributed by atoms with E-state index in [2.05, 4.69) is 37.3 Å². The molecule has 0 bridgehead atoms. The molecule has 7 rings (SSSR count). The second kappa shape index (κ2) is 20.6. The second-order valence-electron chi connectivity index (χ2n) is 18.9. The Bertz CT molecular complexity index is 1630. The Morgan fingerprint density at radius 2 is 1.61 bits per heavy atom. The number of likely N-dealkylation sites (N-methyl/N-ethyl adjacent to an activating group) is 1. The maximum Gasteiger partial charge on any atom is 0.306 e. The molecule has 3 heterocycles. The third kappa shape index (κ3) is 9.95. The number of cyclic esters (lactones) is 1. The van der Waals surface area contributed by atoms with Crippen molar-refractivity contribution in [2.75, 3.05) is 40.2 Å². The monoisotopic (exact) mass is 855 g/mol. The van der Waals surface area contributed by atoms with Crippen LogP contribution in [0.4, 0.5) is 5.69 Å². The van der Waals surface area contributed by atoms with Crippen molar-refractivity contribution in [2.45, 2.75) is 172 Å². The van der Waals surface area contributed by atoms with Crippen LogP contribution < -0.4 is 5.32 Å². The number of allylic oxidation sites excluding steroid dienone is 2. The number of carbonyl (C=O) groups is 2. The number of methoxy groups -OCH3 is 2. The lowest BCUT2D eigenvalue weighted by atomic mass is 9.62. The van der Waals surface area contributed by atoms with Crippen molar-refractivity contribution < 1.29 is 52.6 Å². The zero-order valence-electron chi connectivity index (χ0n) is 38.0. The van der Waals surface area contributed by atoms with E-state index in [1.165, 1.54) is 0 Å². The standard InChI is InChI=1S/C48H74N2O11/c1-10-30-18-15-19-38(61-40-21-20-37(50(6)7)27(4)57-40)26(3)43(52)36-24-33-32-22-31(60-48-47(55-9)46(56-11-2)45(54-8)28(5)58-48)23-35(32)42(49-29-16-13-12-14-17-29)44(53)41(33)34(36)25-39(51)59-30/h12-14,16-17,24,26-28,30-35,37-38,40-42,44-49,53H,10-11,15,18-23,25H2,1-9H3/t26-,27?,28?,30+,31+,32+,33+,34-,35-,37+,38+,40+,41-,42+,44+,45+,46-,47?,48+/m1/s1. The Morgan fingerprint density at radius 1 is 0.869 bits per heavy atom. The summed E-state index contributed by atoms with van der Waals surface area (Å²) in [4.78, 5) is 31.2. The minimum absolute atomic E-state index is 0.00661. The third-order valence-corrected chi connectivity index (χ3v) is 15.1. The van der Waals surface area contributed by atoms with Gasteiger partial charge in [-0.2, -0.15) is 0 Å². The SMILES string of the molecule is CCO[C@H]1C(OC)[C@H](O[C@@H]2C[C@@H]3[C@@H](C2)[C@@H]2C=C4C(=O)[C@H](C)[C@@H](O[C@H]5CC[C@H](N(C)C)C(C)O5)CCC[C@H](CC)OC(=O)C[C@H]4[C@@H]2[C@H](O)[C@H]3Nc2ccccc2)OC(C)[C@@H]1OC. The summed E-state index contributed by atoms with van der Waals surface area (Å²) in [7, 11) is 7.46. The van der Waals surface area contributed by atoms with E-state index in [1.54, 1.807) is 14.2 Å². The number of hydrogen-bond acceptors (Lipinski definition) is 13. The van der Waals surface area contributed by atoms with Crippen LogP contribution in [-0.4, -0.2) is 136 Å². The van der Waals surface area contributed by atoms with Gasteiger partial charge in [-0.3, -0.25) is 9.59 Å². The van der Waals surface area contributed by atoms with Crippen molar-refractivity contribution in [3.05, 3.63) is 42.0 Å². The smallest absolute Gasteiger partial charge is 0.306 e. The minimum atomic E-state index is -0.869. The largest absolute Gasteiger partial charge is 0.462 e. The van der Waals surface area contributed by atoms with E-state index in [-0.39, 0.29) is 84.7 Å². The van der Waals surface area contributed by atoms with Gasteiger partial charge in [0.1, 0.15) is 24.4 Å². The number of para-hydroxylation sites is 1. The van der Waals surface area contributed by atoms with Crippen LogP contribution in [-0.2, 0) is 47.5 Å². The Balaban J connectivity index is 1.20. The summed E-state index contributed by atoms with van der Waals surface area (Å²) in [5, 5.41) is 16.4. The number of aliphatic hydroxyl groups excluding tert-OH is 1. The molecule has 3 aliphatic heterocycles. The van der Waals surface area contributed by atoms with Crippen LogP contribution in [0.25, 0.3) is 0 Å². The molecule has 0 amide bonds. The highest BCUT2D eigenvalue weighted by atomic mass is 16.7. The first kappa shape index (κ1) is 46.5. The summed E-state index contributed by atoms with van der Waals surface area (Å²) in [6, 6.07) is 9.89. The van der Waals surface area contributed by atoms with E-state index in [4.69, 9.17) is 37.9 Å². The van der Waals surface area contributed by atoms with Crippen molar-refractivity contribution in [2.24, 2.45) is 35.5 Å². The van der Waals surface area contributed by atoms with Crippen LogP contribution in [0, 0.1) is 35.5 Å². The molecule has 342 valence electrons. The van der Waals surface area contributed by atoms with Gasteiger partial charge in [0.2, 0.25) is 0 Å². The van der Waals surface area contributed by atoms with Gasteiger partial charge in [-0.15, -0.1) is 0 Å². The third-order valence-electron chi connectivity index (χ3n) is 15.1. The fourth-order valence-electron chi connectivity index (χ4n) is 12.0. The predicted molar refractivity (Wildman–Crippen MR) is 230 cm³/mol. The van der Waals surface area contributed by atoms with Gasteiger partial charge in [0.05, 0.1) is 43.0 Å². The number of Topliss-reactive ketones (excluding diaryl/α,β-unsaturated/α-hetero) is 1. The zero-order valence-corrected chi connectivity index (χ0v) is 38.0. The first-order valence-corrected chi connectivity index (χ1v) is 23.3. The number of aliphatic hydroxyl groups is 1. The first-order valence-electron chi connectivity index (χ1n) is 23.3.